The third kappa shape index (κ3) is 11.4. The Labute approximate surface area is 216 Å². The molecule has 0 aliphatic carbocycles. The molecule has 0 aromatic heterocycles. The van der Waals surface area contributed by atoms with Crippen LogP contribution in [0.25, 0.3) is 0 Å². The Morgan fingerprint density at radius 1 is 0.914 bits per heavy atom. The van der Waals surface area contributed by atoms with Crippen molar-refractivity contribution in [1.29, 1.82) is 5.26 Å². The van der Waals surface area contributed by atoms with Crippen LogP contribution in [0.2, 0.25) is 0 Å². The number of benzene rings is 1. The maximum Gasteiger partial charge on any atom is 0.0994 e. The van der Waals surface area contributed by atoms with E-state index in [9.17, 15) is 5.26 Å². The number of hydrogen-bond donors (Lipinski definition) is 1. The molecule has 0 saturated heterocycles. The van der Waals surface area contributed by atoms with Crippen molar-refractivity contribution in [3.05, 3.63) is 59.4 Å². The summed E-state index contributed by atoms with van der Waals surface area (Å²) in [6, 6.07) is 10.6. The SMILES string of the molecule is CCCCCCCCCCCCCCC(CNC1=CCN(C(C)(C)C)C=C1)c1ccccc1C#N. The zero-order valence-corrected chi connectivity index (χ0v) is 23.1. The van der Waals surface area contributed by atoms with E-state index in [0.717, 1.165) is 25.1 Å². The Morgan fingerprint density at radius 2 is 1.51 bits per heavy atom. The summed E-state index contributed by atoms with van der Waals surface area (Å²) in [5, 5.41) is 13.3. The monoisotopic (exact) mass is 477 g/mol. The fourth-order valence-electron chi connectivity index (χ4n) is 4.92. The standard InChI is InChI=1S/C32H51N3/c1-5-6-7-8-9-10-11-12-13-14-15-16-20-29(31-21-18-17-19-28(31)26-33)27-34-30-22-24-35(25-23-30)32(2,3)4/h17-19,21-24,29,34H,5-16,20,25,27H2,1-4H3. The van der Waals surface area contributed by atoms with Crippen LogP contribution in [0.5, 0.6) is 0 Å². The van der Waals surface area contributed by atoms with Gasteiger partial charge in [0.25, 0.3) is 0 Å². The fourth-order valence-corrected chi connectivity index (χ4v) is 4.92. The molecule has 1 aliphatic heterocycles. The first-order chi connectivity index (χ1) is 17.0. The molecule has 0 amide bonds. The van der Waals surface area contributed by atoms with E-state index in [-0.39, 0.29) is 5.54 Å². The summed E-state index contributed by atoms with van der Waals surface area (Å²) in [5.74, 6) is 0.365. The minimum absolute atomic E-state index is 0.140. The maximum absolute atomic E-state index is 9.66. The van der Waals surface area contributed by atoms with Gasteiger partial charge in [0.05, 0.1) is 11.6 Å². The van der Waals surface area contributed by atoms with E-state index in [4.69, 9.17) is 0 Å². The van der Waals surface area contributed by atoms with Crippen molar-refractivity contribution < 1.29 is 0 Å². The lowest BCUT2D eigenvalue weighted by Gasteiger charge is -2.36. The molecule has 1 aliphatic rings. The van der Waals surface area contributed by atoms with Gasteiger partial charge in [-0.25, -0.2) is 0 Å². The van der Waals surface area contributed by atoms with Crippen LogP contribution in [0.4, 0.5) is 0 Å². The molecule has 3 heteroatoms. The highest BCUT2D eigenvalue weighted by molar-refractivity contribution is 5.40. The van der Waals surface area contributed by atoms with E-state index in [1.165, 1.54) is 88.3 Å². The first kappa shape index (κ1) is 29.0. The maximum atomic E-state index is 9.66. The first-order valence-electron chi connectivity index (χ1n) is 14.3. The van der Waals surface area contributed by atoms with Crippen molar-refractivity contribution in [2.75, 3.05) is 13.1 Å². The third-order valence-corrected chi connectivity index (χ3v) is 7.28. The molecule has 0 radical (unpaired) electrons. The molecule has 0 saturated carbocycles. The zero-order valence-electron chi connectivity index (χ0n) is 23.1. The topological polar surface area (TPSA) is 39.1 Å². The summed E-state index contributed by atoms with van der Waals surface area (Å²) in [7, 11) is 0. The van der Waals surface area contributed by atoms with Gasteiger partial charge in [0.1, 0.15) is 0 Å². The molecule has 1 N–H and O–H groups in total. The second kappa shape index (κ2) is 16.5. The Kier molecular flexibility index (Phi) is 13.6. The second-order valence-electron chi connectivity index (χ2n) is 11.3. The molecule has 0 bridgehead atoms. The average Bonchev–Trinajstić information content (AvgIpc) is 2.86. The fraction of sp³-hybridized carbons (Fsp3) is 0.656. The van der Waals surface area contributed by atoms with E-state index in [2.05, 4.69) is 74.5 Å². The highest BCUT2D eigenvalue weighted by Gasteiger charge is 2.20. The lowest BCUT2D eigenvalue weighted by Crippen LogP contribution is -2.39. The number of unbranched alkanes of at least 4 members (excludes halogenated alkanes) is 11. The van der Waals surface area contributed by atoms with Crippen molar-refractivity contribution in [2.45, 2.75) is 123 Å². The van der Waals surface area contributed by atoms with Crippen molar-refractivity contribution in [3.63, 3.8) is 0 Å². The molecule has 0 spiro atoms. The summed E-state index contributed by atoms with van der Waals surface area (Å²) in [6.07, 6.45) is 24.3. The Bertz CT molecular complexity index is 809. The van der Waals surface area contributed by atoms with Crippen LogP contribution in [-0.2, 0) is 0 Å². The van der Waals surface area contributed by atoms with E-state index in [1.807, 2.05) is 12.1 Å². The summed E-state index contributed by atoms with van der Waals surface area (Å²) >= 11 is 0. The Balaban J connectivity index is 1.75. The summed E-state index contributed by atoms with van der Waals surface area (Å²) in [6.45, 7) is 10.8. The lowest BCUT2D eigenvalue weighted by atomic mass is 9.89. The van der Waals surface area contributed by atoms with Gasteiger partial charge in [-0.1, -0.05) is 102 Å². The Hall–Kier alpha value is -2.21. The van der Waals surface area contributed by atoms with Crippen LogP contribution in [-0.4, -0.2) is 23.5 Å². The molecule has 1 aromatic carbocycles. The molecule has 35 heavy (non-hydrogen) atoms. The van der Waals surface area contributed by atoms with Gasteiger partial charge >= 0.3 is 0 Å². The van der Waals surface area contributed by atoms with Gasteiger partial charge in [-0.05, 0) is 51.0 Å². The molecule has 1 unspecified atom stereocenters. The quantitative estimate of drug-likeness (QED) is 0.228. The van der Waals surface area contributed by atoms with Crippen molar-refractivity contribution in [3.8, 4) is 6.07 Å². The molecule has 2 rings (SSSR count). The van der Waals surface area contributed by atoms with E-state index in [1.54, 1.807) is 0 Å². The summed E-state index contributed by atoms with van der Waals surface area (Å²) < 4.78 is 0. The minimum Gasteiger partial charge on any atom is -0.385 e. The van der Waals surface area contributed by atoms with Gasteiger partial charge < -0.3 is 10.2 Å². The third-order valence-electron chi connectivity index (χ3n) is 7.28. The van der Waals surface area contributed by atoms with Gasteiger partial charge in [-0.3, -0.25) is 0 Å². The second-order valence-corrected chi connectivity index (χ2v) is 11.3. The smallest absolute Gasteiger partial charge is 0.0994 e. The van der Waals surface area contributed by atoms with E-state index >= 15 is 0 Å². The molecule has 1 heterocycles. The predicted molar refractivity (Wildman–Crippen MR) is 151 cm³/mol. The normalized spacial score (nSPS) is 14.5. The lowest BCUT2D eigenvalue weighted by molar-refractivity contribution is 0.223. The first-order valence-corrected chi connectivity index (χ1v) is 14.3. The number of allylic oxidation sites excluding steroid dienone is 1. The Morgan fingerprint density at radius 3 is 2.06 bits per heavy atom. The molecule has 3 nitrogen and oxygen atoms in total. The summed E-state index contributed by atoms with van der Waals surface area (Å²) in [5.41, 5.74) is 3.36. The minimum atomic E-state index is 0.140. The summed E-state index contributed by atoms with van der Waals surface area (Å²) in [4.78, 5) is 2.35. The van der Waals surface area contributed by atoms with Crippen LogP contribution < -0.4 is 5.32 Å². The van der Waals surface area contributed by atoms with Crippen molar-refractivity contribution in [1.82, 2.24) is 10.2 Å². The number of rotatable bonds is 17. The molecule has 1 atom stereocenters. The van der Waals surface area contributed by atoms with E-state index in [0.29, 0.717) is 5.92 Å². The molecule has 194 valence electrons. The van der Waals surface area contributed by atoms with Gasteiger partial charge in [0.2, 0.25) is 0 Å². The highest BCUT2D eigenvalue weighted by Crippen LogP contribution is 2.26. The molecular weight excluding hydrogens is 426 g/mol. The largest absolute Gasteiger partial charge is 0.385 e. The number of hydrogen-bond acceptors (Lipinski definition) is 3. The van der Waals surface area contributed by atoms with Gasteiger partial charge in [0, 0.05) is 36.4 Å². The van der Waals surface area contributed by atoms with Crippen molar-refractivity contribution >= 4 is 0 Å². The van der Waals surface area contributed by atoms with Crippen LogP contribution in [0, 0.1) is 11.3 Å². The number of nitrogens with one attached hydrogen (secondary N) is 1. The molecular formula is C32H51N3. The van der Waals surface area contributed by atoms with Crippen LogP contribution in [0.15, 0.2) is 48.3 Å². The van der Waals surface area contributed by atoms with Gasteiger partial charge in [-0.2, -0.15) is 5.26 Å². The van der Waals surface area contributed by atoms with Crippen molar-refractivity contribution in [2.24, 2.45) is 0 Å². The van der Waals surface area contributed by atoms with Gasteiger partial charge in [-0.15, -0.1) is 0 Å². The average molecular weight is 478 g/mol. The van der Waals surface area contributed by atoms with Crippen LogP contribution in [0.3, 0.4) is 0 Å². The van der Waals surface area contributed by atoms with Crippen LogP contribution >= 0.6 is 0 Å². The van der Waals surface area contributed by atoms with Crippen LogP contribution in [0.1, 0.15) is 128 Å². The molecule has 0 fully saturated rings. The zero-order chi connectivity index (χ0) is 25.4. The van der Waals surface area contributed by atoms with Gasteiger partial charge in [0.15, 0.2) is 0 Å². The number of nitriles is 1. The predicted octanol–water partition coefficient (Wildman–Crippen LogP) is 8.83. The highest BCUT2D eigenvalue weighted by atomic mass is 15.2. The number of nitrogens with zero attached hydrogens (tertiary/aromatic N) is 2. The van der Waals surface area contributed by atoms with E-state index < -0.39 is 0 Å². The molecule has 1 aromatic rings.